The smallest absolute Gasteiger partial charge is 0.143 e. The average Bonchev–Trinajstić information content (AvgIpc) is 2.42. The van der Waals surface area contributed by atoms with Crippen LogP contribution in [0.5, 0.6) is 5.75 Å². The van der Waals surface area contributed by atoms with Crippen LogP contribution in [0, 0.1) is 5.82 Å². The van der Waals surface area contributed by atoms with Crippen LogP contribution in [0.1, 0.15) is 38.7 Å². The van der Waals surface area contributed by atoms with Crippen molar-refractivity contribution in [1.82, 2.24) is 5.32 Å². The number of hydrogen-bond donors (Lipinski definition) is 1. The van der Waals surface area contributed by atoms with Crippen molar-refractivity contribution in [2.24, 2.45) is 0 Å². The Kier molecular flexibility index (Phi) is 6.90. The summed E-state index contributed by atoms with van der Waals surface area (Å²) < 4.78 is 19.6. The average molecular weight is 339 g/mol. The van der Waals surface area contributed by atoms with Crippen LogP contribution in [-0.4, -0.2) is 36.0 Å². The van der Waals surface area contributed by atoms with Crippen LogP contribution in [0.4, 0.5) is 4.39 Å². The van der Waals surface area contributed by atoms with Crippen LogP contribution in [-0.2, 0) is 11.2 Å². The van der Waals surface area contributed by atoms with Crippen molar-refractivity contribution < 1.29 is 13.9 Å². The van der Waals surface area contributed by atoms with E-state index in [1.807, 2.05) is 12.3 Å². The minimum atomic E-state index is -0.300. The number of ether oxygens (including phenoxy) is 1. The zero-order valence-corrected chi connectivity index (χ0v) is 14.9. The maximum absolute atomic E-state index is 13.7. The molecule has 0 bridgehead atoms. The van der Waals surface area contributed by atoms with Gasteiger partial charge in [0.15, 0.2) is 0 Å². The van der Waals surface area contributed by atoms with Crippen LogP contribution >= 0.6 is 11.8 Å². The summed E-state index contributed by atoms with van der Waals surface area (Å²) in [5.41, 5.74) is 0.825. The Balaban J connectivity index is 1.84. The zero-order chi connectivity index (χ0) is 16.8. The Morgan fingerprint density at radius 1 is 1.39 bits per heavy atom. The van der Waals surface area contributed by atoms with Crippen LogP contribution < -0.4 is 10.1 Å². The molecular weight excluding hydrogens is 313 g/mol. The van der Waals surface area contributed by atoms with Gasteiger partial charge in [0.25, 0.3) is 0 Å². The minimum Gasteiger partial charge on any atom is -0.490 e. The molecule has 1 aromatic rings. The molecule has 1 fully saturated rings. The van der Waals surface area contributed by atoms with Gasteiger partial charge < -0.3 is 10.1 Å². The van der Waals surface area contributed by atoms with Gasteiger partial charge in [0.1, 0.15) is 23.5 Å². The SMILES string of the molecule is CSCC(=O)CCc1cc(F)cc(OC2CC(NC(C)C)C2)c1. The molecule has 2 rings (SSSR count). The maximum atomic E-state index is 13.7. The number of benzene rings is 1. The molecule has 0 radical (unpaired) electrons. The summed E-state index contributed by atoms with van der Waals surface area (Å²) in [4.78, 5) is 11.6. The Labute approximate surface area is 142 Å². The van der Waals surface area contributed by atoms with Gasteiger partial charge >= 0.3 is 0 Å². The standard InChI is InChI=1S/C18H26FNO2S/c1-12(2)20-15-9-18(10-15)22-17-7-13(6-14(19)8-17)4-5-16(21)11-23-3/h6-8,12,15,18,20H,4-5,9-11H2,1-3H3. The van der Waals surface area contributed by atoms with Gasteiger partial charge in [-0.2, -0.15) is 11.8 Å². The number of carbonyl (C=O) groups excluding carboxylic acids is 1. The van der Waals surface area contributed by atoms with Gasteiger partial charge in [0.2, 0.25) is 0 Å². The van der Waals surface area contributed by atoms with E-state index in [4.69, 9.17) is 4.74 Å². The molecule has 23 heavy (non-hydrogen) atoms. The highest BCUT2D eigenvalue weighted by molar-refractivity contribution is 7.99. The van der Waals surface area contributed by atoms with Gasteiger partial charge in [-0.25, -0.2) is 4.39 Å². The largest absolute Gasteiger partial charge is 0.490 e. The summed E-state index contributed by atoms with van der Waals surface area (Å²) in [5, 5.41) is 3.47. The van der Waals surface area contributed by atoms with E-state index in [9.17, 15) is 9.18 Å². The third kappa shape index (κ3) is 6.15. The molecule has 0 amide bonds. The lowest BCUT2D eigenvalue weighted by molar-refractivity contribution is -0.116. The van der Waals surface area contributed by atoms with Gasteiger partial charge in [-0.1, -0.05) is 13.8 Å². The first-order valence-electron chi connectivity index (χ1n) is 8.19. The van der Waals surface area contributed by atoms with Crippen molar-refractivity contribution in [2.45, 2.75) is 57.7 Å². The topological polar surface area (TPSA) is 38.3 Å². The first kappa shape index (κ1) is 18.3. The molecule has 1 aromatic carbocycles. The molecule has 0 spiro atoms. The van der Waals surface area contributed by atoms with Crippen molar-refractivity contribution in [3.63, 3.8) is 0 Å². The molecule has 0 atom stereocenters. The molecule has 0 aliphatic heterocycles. The fourth-order valence-corrected chi connectivity index (χ4v) is 3.28. The fourth-order valence-electron chi connectivity index (χ4n) is 2.81. The number of hydrogen-bond acceptors (Lipinski definition) is 4. The van der Waals surface area contributed by atoms with E-state index in [1.165, 1.54) is 23.9 Å². The van der Waals surface area contributed by atoms with E-state index in [1.54, 1.807) is 0 Å². The highest BCUT2D eigenvalue weighted by Gasteiger charge is 2.31. The van der Waals surface area contributed by atoms with E-state index >= 15 is 0 Å². The van der Waals surface area contributed by atoms with Crippen molar-refractivity contribution in [1.29, 1.82) is 0 Å². The normalized spacial score (nSPS) is 20.4. The predicted molar refractivity (Wildman–Crippen MR) is 93.8 cm³/mol. The number of ketones is 1. The summed E-state index contributed by atoms with van der Waals surface area (Å²) >= 11 is 1.52. The molecule has 0 saturated heterocycles. The lowest BCUT2D eigenvalue weighted by Crippen LogP contribution is -2.49. The molecule has 3 nitrogen and oxygen atoms in total. The van der Waals surface area contributed by atoms with E-state index in [0.717, 1.165) is 18.4 Å². The number of thioether (sulfide) groups is 1. The van der Waals surface area contributed by atoms with Gasteiger partial charge in [0, 0.05) is 24.6 Å². The fraction of sp³-hybridized carbons (Fsp3) is 0.611. The second-order valence-electron chi connectivity index (χ2n) is 6.50. The monoisotopic (exact) mass is 339 g/mol. The van der Waals surface area contributed by atoms with E-state index in [0.29, 0.717) is 36.4 Å². The second kappa shape index (κ2) is 8.69. The predicted octanol–water partition coefficient (Wildman–Crippen LogP) is 3.60. The van der Waals surface area contributed by atoms with Gasteiger partial charge in [-0.15, -0.1) is 0 Å². The highest BCUT2D eigenvalue weighted by atomic mass is 32.2. The Morgan fingerprint density at radius 3 is 2.78 bits per heavy atom. The van der Waals surface area contributed by atoms with Crippen molar-refractivity contribution in [3.8, 4) is 5.75 Å². The van der Waals surface area contributed by atoms with Crippen LogP contribution in [0.3, 0.4) is 0 Å². The molecule has 1 aliphatic rings. The molecule has 128 valence electrons. The Morgan fingerprint density at radius 2 is 2.13 bits per heavy atom. The number of rotatable bonds is 9. The first-order chi connectivity index (χ1) is 11.0. The Hall–Kier alpha value is -1.07. The Bertz CT molecular complexity index is 530. The molecule has 0 heterocycles. The summed E-state index contributed by atoms with van der Waals surface area (Å²) in [6.07, 6.45) is 4.99. The quantitative estimate of drug-likeness (QED) is 0.746. The van der Waals surface area contributed by atoms with Crippen LogP contribution in [0.2, 0.25) is 0 Å². The second-order valence-corrected chi connectivity index (χ2v) is 7.36. The number of halogens is 1. The van der Waals surface area contributed by atoms with Gasteiger partial charge in [-0.3, -0.25) is 4.79 Å². The van der Waals surface area contributed by atoms with E-state index < -0.39 is 0 Å². The summed E-state index contributed by atoms with van der Waals surface area (Å²) in [7, 11) is 0. The van der Waals surface area contributed by atoms with Gasteiger partial charge in [-0.05, 0) is 43.2 Å². The van der Waals surface area contributed by atoms with Crippen LogP contribution in [0.15, 0.2) is 18.2 Å². The molecule has 1 N–H and O–H groups in total. The van der Waals surface area contributed by atoms with Crippen LogP contribution in [0.25, 0.3) is 0 Å². The van der Waals surface area contributed by atoms with Crippen molar-refractivity contribution in [3.05, 3.63) is 29.6 Å². The first-order valence-corrected chi connectivity index (χ1v) is 9.58. The van der Waals surface area contributed by atoms with Crippen molar-refractivity contribution >= 4 is 17.5 Å². The molecule has 0 unspecified atom stereocenters. The molecule has 1 saturated carbocycles. The molecule has 0 aromatic heterocycles. The zero-order valence-electron chi connectivity index (χ0n) is 14.1. The van der Waals surface area contributed by atoms with E-state index in [-0.39, 0.29) is 17.7 Å². The lowest BCUT2D eigenvalue weighted by Gasteiger charge is -2.37. The number of aryl methyl sites for hydroxylation is 1. The minimum absolute atomic E-state index is 0.152. The highest BCUT2D eigenvalue weighted by Crippen LogP contribution is 2.27. The summed E-state index contributed by atoms with van der Waals surface area (Å²) in [5.74, 6) is 0.993. The van der Waals surface area contributed by atoms with Gasteiger partial charge in [0.05, 0.1) is 5.75 Å². The number of carbonyl (C=O) groups is 1. The van der Waals surface area contributed by atoms with Crippen molar-refractivity contribution in [2.75, 3.05) is 12.0 Å². The lowest BCUT2D eigenvalue weighted by atomic mass is 9.88. The summed E-state index contributed by atoms with van der Waals surface area (Å²) in [6, 6.07) is 5.75. The molecule has 1 aliphatic carbocycles. The number of Topliss-reactive ketones (excluding diaryl/α,β-unsaturated/α-hetero) is 1. The molecular formula is C18H26FNO2S. The number of nitrogens with one attached hydrogen (secondary N) is 1. The summed E-state index contributed by atoms with van der Waals surface area (Å²) in [6.45, 7) is 4.26. The third-order valence-electron chi connectivity index (χ3n) is 3.90. The molecule has 5 heteroatoms. The third-order valence-corrected chi connectivity index (χ3v) is 4.51. The van der Waals surface area contributed by atoms with E-state index in [2.05, 4.69) is 19.2 Å². The maximum Gasteiger partial charge on any atom is 0.143 e.